The highest BCUT2D eigenvalue weighted by molar-refractivity contribution is 7.91. The van der Waals surface area contributed by atoms with E-state index in [2.05, 4.69) is 4.40 Å². The van der Waals surface area contributed by atoms with Crippen LogP contribution in [0.25, 0.3) is 0 Å². The summed E-state index contributed by atoms with van der Waals surface area (Å²) >= 11 is -1.36. The standard InChI is InChI=1S/C15H20F3NOS/c1-11(10-19-21(20)14(2,3)4)13-7-5-6-12(8-13)9-15(16,17)18/h5-8,10-11H,9H2,1-4H3. The van der Waals surface area contributed by atoms with Crippen molar-refractivity contribution >= 4 is 17.6 Å². The van der Waals surface area contributed by atoms with Crippen LogP contribution in [0.1, 0.15) is 44.7 Å². The van der Waals surface area contributed by atoms with E-state index in [9.17, 15) is 17.7 Å². The van der Waals surface area contributed by atoms with Gasteiger partial charge in [-0.2, -0.15) is 13.2 Å². The molecule has 0 aromatic heterocycles. The molecule has 0 aliphatic rings. The van der Waals surface area contributed by atoms with Crippen molar-refractivity contribution in [2.45, 2.75) is 51.0 Å². The molecule has 0 spiro atoms. The molecule has 0 saturated carbocycles. The molecular weight excluding hydrogens is 299 g/mol. The summed E-state index contributed by atoms with van der Waals surface area (Å²) in [7, 11) is 0. The van der Waals surface area contributed by atoms with Crippen LogP contribution >= 0.6 is 0 Å². The molecule has 1 aromatic carbocycles. The number of benzene rings is 1. The third-order valence-electron chi connectivity index (χ3n) is 2.79. The van der Waals surface area contributed by atoms with Gasteiger partial charge in [-0.1, -0.05) is 35.6 Å². The molecule has 0 N–H and O–H groups in total. The highest BCUT2D eigenvalue weighted by atomic mass is 32.2. The molecule has 0 saturated heterocycles. The van der Waals surface area contributed by atoms with E-state index in [1.54, 1.807) is 12.1 Å². The van der Waals surface area contributed by atoms with Gasteiger partial charge in [-0.05, 0) is 31.9 Å². The lowest BCUT2D eigenvalue weighted by molar-refractivity contribution is -0.127. The Morgan fingerprint density at radius 1 is 1.29 bits per heavy atom. The zero-order chi connectivity index (χ0) is 16.3. The Bertz CT molecular complexity index is 494. The van der Waals surface area contributed by atoms with Gasteiger partial charge in [0.15, 0.2) is 0 Å². The number of halogens is 3. The van der Waals surface area contributed by atoms with Crippen molar-refractivity contribution in [1.29, 1.82) is 0 Å². The first-order chi connectivity index (χ1) is 9.49. The van der Waals surface area contributed by atoms with Crippen LogP contribution in [0.15, 0.2) is 28.7 Å². The Morgan fingerprint density at radius 2 is 1.90 bits per heavy atom. The first kappa shape index (κ1) is 18.0. The van der Waals surface area contributed by atoms with Crippen LogP contribution in [0, 0.1) is 0 Å². The first-order valence-corrected chi connectivity index (χ1v) is 7.71. The fourth-order valence-electron chi connectivity index (χ4n) is 1.61. The molecule has 21 heavy (non-hydrogen) atoms. The van der Waals surface area contributed by atoms with Crippen molar-refractivity contribution in [2.75, 3.05) is 0 Å². The van der Waals surface area contributed by atoms with Gasteiger partial charge in [0, 0.05) is 5.92 Å². The molecule has 0 bridgehead atoms. The lowest BCUT2D eigenvalue weighted by Gasteiger charge is -2.18. The van der Waals surface area contributed by atoms with Crippen LogP contribution in [0.3, 0.4) is 0 Å². The Kier molecular flexibility index (Phi) is 5.87. The van der Waals surface area contributed by atoms with Crippen LogP contribution in [0.2, 0.25) is 0 Å². The maximum atomic E-state index is 12.4. The van der Waals surface area contributed by atoms with E-state index < -0.39 is 28.7 Å². The van der Waals surface area contributed by atoms with Gasteiger partial charge in [0.1, 0.15) is 16.1 Å². The predicted molar refractivity (Wildman–Crippen MR) is 81.0 cm³/mol. The molecule has 0 heterocycles. The predicted octanol–water partition coefficient (Wildman–Crippen LogP) is 4.43. The minimum Gasteiger partial charge on any atom is -0.591 e. The summed E-state index contributed by atoms with van der Waals surface area (Å²) in [6, 6.07) is 6.32. The SMILES string of the molecule is CC(C=N[S+]([O-])C(C)(C)C)c1cccc(CC(F)(F)F)c1. The summed E-state index contributed by atoms with van der Waals surface area (Å²) in [5.74, 6) is -0.190. The van der Waals surface area contributed by atoms with E-state index in [0.29, 0.717) is 0 Å². The van der Waals surface area contributed by atoms with Crippen molar-refractivity contribution in [1.82, 2.24) is 0 Å². The van der Waals surface area contributed by atoms with Crippen LogP contribution in [-0.4, -0.2) is 21.7 Å². The second-order valence-corrected chi connectivity index (χ2v) is 7.88. The minimum atomic E-state index is -4.22. The highest BCUT2D eigenvalue weighted by Gasteiger charge is 2.28. The maximum absolute atomic E-state index is 12.4. The molecular formula is C15H20F3NOS. The van der Waals surface area contributed by atoms with Gasteiger partial charge < -0.3 is 4.55 Å². The van der Waals surface area contributed by atoms with E-state index in [-0.39, 0.29) is 11.5 Å². The van der Waals surface area contributed by atoms with Gasteiger partial charge in [0.2, 0.25) is 0 Å². The van der Waals surface area contributed by atoms with Crippen molar-refractivity contribution in [2.24, 2.45) is 4.40 Å². The Labute approximate surface area is 126 Å². The third kappa shape index (κ3) is 6.52. The van der Waals surface area contributed by atoms with Crippen LogP contribution in [-0.2, 0) is 17.8 Å². The molecule has 0 radical (unpaired) electrons. The summed E-state index contributed by atoms with van der Waals surface area (Å²) in [5.41, 5.74) is 0.948. The number of nitrogens with zero attached hydrogens (tertiary/aromatic N) is 1. The van der Waals surface area contributed by atoms with Gasteiger partial charge in [0.25, 0.3) is 0 Å². The maximum Gasteiger partial charge on any atom is 0.393 e. The Morgan fingerprint density at radius 3 is 2.43 bits per heavy atom. The molecule has 2 atom stereocenters. The zero-order valence-corrected chi connectivity index (χ0v) is 13.4. The smallest absolute Gasteiger partial charge is 0.393 e. The normalized spacial score (nSPS) is 16.2. The molecule has 0 fully saturated rings. The van der Waals surface area contributed by atoms with Gasteiger partial charge in [-0.25, -0.2) is 0 Å². The summed E-state index contributed by atoms with van der Waals surface area (Å²) in [6.45, 7) is 7.26. The highest BCUT2D eigenvalue weighted by Crippen LogP contribution is 2.24. The number of alkyl halides is 3. The first-order valence-electron chi connectivity index (χ1n) is 6.61. The van der Waals surface area contributed by atoms with Gasteiger partial charge in [-0.3, -0.25) is 0 Å². The summed E-state index contributed by atoms with van der Waals surface area (Å²) in [4.78, 5) is 0. The molecule has 2 nitrogen and oxygen atoms in total. The topological polar surface area (TPSA) is 35.4 Å². The van der Waals surface area contributed by atoms with E-state index in [1.807, 2.05) is 27.7 Å². The van der Waals surface area contributed by atoms with Crippen molar-refractivity contribution in [3.8, 4) is 0 Å². The monoisotopic (exact) mass is 319 g/mol. The van der Waals surface area contributed by atoms with E-state index in [4.69, 9.17) is 0 Å². The Balaban J connectivity index is 2.81. The summed E-state index contributed by atoms with van der Waals surface area (Å²) in [5, 5.41) is 0. The number of hydrogen-bond acceptors (Lipinski definition) is 2. The van der Waals surface area contributed by atoms with E-state index in [1.165, 1.54) is 18.3 Å². The molecule has 2 unspecified atom stereocenters. The van der Waals surface area contributed by atoms with Crippen LogP contribution < -0.4 is 0 Å². The fourth-order valence-corrected chi connectivity index (χ4v) is 2.22. The van der Waals surface area contributed by atoms with Crippen molar-refractivity contribution in [3.05, 3.63) is 35.4 Å². The third-order valence-corrected chi connectivity index (χ3v) is 4.15. The largest absolute Gasteiger partial charge is 0.591 e. The number of hydrogen-bond donors (Lipinski definition) is 0. The summed E-state index contributed by atoms with van der Waals surface area (Å²) < 4.78 is 52.5. The molecule has 118 valence electrons. The zero-order valence-electron chi connectivity index (χ0n) is 12.6. The molecule has 0 amide bonds. The van der Waals surface area contributed by atoms with Gasteiger partial charge in [-0.15, -0.1) is 0 Å². The second kappa shape index (κ2) is 6.83. The van der Waals surface area contributed by atoms with E-state index in [0.717, 1.165) is 5.56 Å². The average molecular weight is 319 g/mol. The van der Waals surface area contributed by atoms with Crippen molar-refractivity contribution < 1.29 is 17.7 Å². The van der Waals surface area contributed by atoms with Crippen molar-refractivity contribution in [3.63, 3.8) is 0 Å². The quantitative estimate of drug-likeness (QED) is 0.597. The minimum absolute atomic E-state index is 0.190. The van der Waals surface area contributed by atoms with Gasteiger partial charge >= 0.3 is 6.18 Å². The number of rotatable bonds is 4. The van der Waals surface area contributed by atoms with Gasteiger partial charge in [0.05, 0.1) is 12.6 Å². The van der Waals surface area contributed by atoms with Crippen LogP contribution in [0.5, 0.6) is 0 Å². The molecule has 6 heteroatoms. The van der Waals surface area contributed by atoms with E-state index >= 15 is 0 Å². The molecule has 0 aliphatic heterocycles. The molecule has 1 rings (SSSR count). The lowest BCUT2D eigenvalue weighted by Crippen LogP contribution is -2.26. The molecule has 0 aliphatic carbocycles. The lowest BCUT2D eigenvalue weighted by atomic mass is 9.99. The van der Waals surface area contributed by atoms with Crippen LogP contribution in [0.4, 0.5) is 13.2 Å². The fraction of sp³-hybridized carbons (Fsp3) is 0.533. The Hall–Kier alpha value is -1.01. The second-order valence-electron chi connectivity index (χ2n) is 5.94. The average Bonchev–Trinajstić information content (AvgIpc) is 2.32. The summed E-state index contributed by atoms with van der Waals surface area (Å²) in [6.07, 6.45) is -3.63. The molecule has 1 aromatic rings.